The van der Waals surface area contributed by atoms with Crippen LogP contribution in [0.1, 0.15) is 25.3 Å². The Kier molecular flexibility index (Phi) is 6.51. The van der Waals surface area contributed by atoms with Gasteiger partial charge in [0.05, 0.1) is 11.6 Å². The Balaban J connectivity index is 2.34. The van der Waals surface area contributed by atoms with Crippen LogP contribution in [-0.4, -0.2) is 23.7 Å². The molecular formula is C14H19BrN2O3. The van der Waals surface area contributed by atoms with Crippen molar-refractivity contribution in [3.8, 4) is 0 Å². The molecule has 0 radical (unpaired) electrons. The summed E-state index contributed by atoms with van der Waals surface area (Å²) in [6, 6.07) is 5.40. The minimum Gasteiger partial charge on any atom is -0.481 e. The molecule has 6 heteroatoms. The molecule has 0 aliphatic heterocycles. The third-order valence-corrected chi connectivity index (χ3v) is 3.58. The molecule has 1 unspecified atom stereocenters. The number of benzene rings is 1. The zero-order chi connectivity index (χ0) is 15.1. The first-order chi connectivity index (χ1) is 9.40. The van der Waals surface area contributed by atoms with Crippen LogP contribution in [0.2, 0.25) is 0 Å². The summed E-state index contributed by atoms with van der Waals surface area (Å²) < 4.78 is 0.817. The van der Waals surface area contributed by atoms with Crippen molar-refractivity contribution in [2.45, 2.75) is 26.7 Å². The van der Waals surface area contributed by atoms with E-state index in [9.17, 15) is 9.59 Å². The molecule has 0 heterocycles. The summed E-state index contributed by atoms with van der Waals surface area (Å²) in [4.78, 5) is 22.3. The summed E-state index contributed by atoms with van der Waals surface area (Å²) in [5, 5.41) is 14.2. The predicted octanol–water partition coefficient (Wildman–Crippen LogP) is 3.38. The lowest BCUT2D eigenvalue weighted by Crippen LogP contribution is -2.30. The second kappa shape index (κ2) is 7.89. The molecule has 1 rings (SSSR count). The lowest BCUT2D eigenvalue weighted by molar-refractivity contribution is -0.141. The molecule has 0 saturated carbocycles. The smallest absolute Gasteiger partial charge is 0.319 e. The molecule has 0 fully saturated rings. The van der Waals surface area contributed by atoms with Crippen LogP contribution in [0.4, 0.5) is 10.5 Å². The highest BCUT2D eigenvalue weighted by Gasteiger charge is 2.10. The van der Waals surface area contributed by atoms with E-state index in [0.29, 0.717) is 25.1 Å². The van der Waals surface area contributed by atoms with Gasteiger partial charge in [-0.2, -0.15) is 0 Å². The van der Waals surface area contributed by atoms with Gasteiger partial charge in [-0.25, -0.2) is 4.79 Å². The van der Waals surface area contributed by atoms with Crippen LogP contribution >= 0.6 is 15.9 Å². The van der Waals surface area contributed by atoms with Gasteiger partial charge in [0, 0.05) is 11.0 Å². The van der Waals surface area contributed by atoms with Crippen molar-refractivity contribution in [1.82, 2.24) is 5.32 Å². The summed E-state index contributed by atoms with van der Waals surface area (Å²) >= 11 is 3.37. The first-order valence-electron chi connectivity index (χ1n) is 6.44. The summed E-state index contributed by atoms with van der Waals surface area (Å²) in [7, 11) is 0. The number of urea groups is 1. The van der Waals surface area contributed by atoms with Gasteiger partial charge in [0.2, 0.25) is 0 Å². The van der Waals surface area contributed by atoms with E-state index in [2.05, 4.69) is 26.6 Å². The first kappa shape index (κ1) is 16.5. The number of halogens is 1. The van der Waals surface area contributed by atoms with Crippen LogP contribution in [-0.2, 0) is 4.79 Å². The average molecular weight is 343 g/mol. The van der Waals surface area contributed by atoms with Gasteiger partial charge in [0.15, 0.2) is 0 Å². The van der Waals surface area contributed by atoms with Crippen LogP contribution in [0, 0.1) is 12.8 Å². The van der Waals surface area contributed by atoms with Crippen molar-refractivity contribution < 1.29 is 14.7 Å². The Morgan fingerprint density at radius 2 is 2.10 bits per heavy atom. The Labute approximate surface area is 126 Å². The summed E-state index contributed by atoms with van der Waals surface area (Å²) in [5.74, 6) is -1.19. The molecule has 1 aromatic carbocycles. The highest BCUT2D eigenvalue weighted by molar-refractivity contribution is 9.10. The molecule has 0 bridgehead atoms. The molecular weight excluding hydrogens is 324 g/mol. The number of nitrogens with one attached hydrogen (secondary N) is 2. The molecule has 3 N–H and O–H groups in total. The number of hydrogen-bond donors (Lipinski definition) is 3. The highest BCUT2D eigenvalue weighted by Crippen LogP contribution is 2.23. The van der Waals surface area contributed by atoms with Crippen molar-refractivity contribution in [3.63, 3.8) is 0 Å². The number of carbonyl (C=O) groups is 2. The van der Waals surface area contributed by atoms with E-state index >= 15 is 0 Å². The van der Waals surface area contributed by atoms with Crippen molar-refractivity contribution in [2.24, 2.45) is 5.92 Å². The quantitative estimate of drug-likeness (QED) is 0.693. The maximum absolute atomic E-state index is 11.7. The van der Waals surface area contributed by atoms with Crippen molar-refractivity contribution in [1.29, 1.82) is 0 Å². The summed E-state index contributed by atoms with van der Waals surface area (Å²) in [5.41, 5.74) is 1.76. The molecule has 1 aromatic rings. The largest absolute Gasteiger partial charge is 0.481 e. The van der Waals surface area contributed by atoms with Crippen LogP contribution < -0.4 is 10.6 Å². The van der Waals surface area contributed by atoms with E-state index in [4.69, 9.17) is 5.11 Å². The zero-order valence-corrected chi connectivity index (χ0v) is 13.2. The van der Waals surface area contributed by atoms with Crippen molar-refractivity contribution in [3.05, 3.63) is 28.2 Å². The number of carboxylic acid groups (broad SMARTS) is 1. The Morgan fingerprint density at radius 3 is 2.75 bits per heavy atom. The van der Waals surface area contributed by atoms with Gasteiger partial charge in [-0.15, -0.1) is 0 Å². The normalized spacial score (nSPS) is 11.8. The lowest BCUT2D eigenvalue weighted by Gasteiger charge is -2.10. The van der Waals surface area contributed by atoms with Gasteiger partial charge in [0.25, 0.3) is 0 Å². The predicted molar refractivity (Wildman–Crippen MR) is 81.9 cm³/mol. The van der Waals surface area contributed by atoms with Crippen LogP contribution in [0.25, 0.3) is 0 Å². The topological polar surface area (TPSA) is 78.4 Å². The number of aryl methyl sites for hydroxylation is 1. The number of rotatable bonds is 6. The highest BCUT2D eigenvalue weighted by atomic mass is 79.9. The van der Waals surface area contributed by atoms with Crippen LogP contribution in [0.3, 0.4) is 0 Å². The minimum atomic E-state index is -0.807. The summed E-state index contributed by atoms with van der Waals surface area (Å²) in [6.07, 6.45) is 1.18. The number of amides is 2. The lowest BCUT2D eigenvalue weighted by atomic mass is 10.1. The number of aliphatic carboxylic acids is 1. The van der Waals surface area contributed by atoms with E-state index in [1.165, 1.54) is 0 Å². The van der Waals surface area contributed by atoms with E-state index < -0.39 is 5.97 Å². The van der Waals surface area contributed by atoms with Gasteiger partial charge in [0.1, 0.15) is 0 Å². The number of carboxylic acids is 1. The molecule has 1 atom stereocenters. The molecule has 0 aliphatic rings. The fraction of sp³-hybridized carbons (Fsp3) is 0.429. The van der Waals surface area contributed by atoms with Crippen molar-refractivity contribution >= 4 is 33.6 Å². The van der Waals surface area contributed by atoms with Gasteiger partial charge < -0.3 is 15.7 Å². The van der Waals surface area contributed by atoms with Crippen LogP contribution in [0.5, 0.6) is 0 Å². The Bertz CT molecular complexity index is 491. The number of anilines is 1. The molecule has 0 aliphatic carbocycles. The van der Waals surface area contributed by atoms with Crippen molar-refractivity contribution in [2.75, 3.05) is 11.9 Å². The first-order valence-corrected chi connectivity index (χ1v) is 7.23. The zero-order valence-electron chi connectivity index (χ0n) is 11.6. The van der Waals surface area contributed by atoms with Gasteiger partial charge in [-0.3, -0.25) is 4.79 Å². The van der Waals surface area contributed by atoms with E-state index in [1.807, 2.05) is 25.1 Å². The summed E-state index contributed by atoms with van der Waals surface area (Å²) in [6.45, 7) is 4.06. The Morgan fingerprint density at radius 1 is 1.40 bits per heavy atom. The van der Waals surface area contributed by atoms with Gasteiger partial charge >= 0.3 is 12.0 Å². The fourth-order valence-corrected chi connectivity index (χ4v) is 1.98. The number of carbonyl (C=O) groups excluding carboxylic acids is 1. The third-order valence-electron chi connectivity index (χ3n) is 2.89. The molecule has 0 saturated heterocycles. The van der Waals surface area contributed by atoms with Crippen LogP contribution in [0.15, 0.2) is 22.7 Å². The SMILES string of the molecule is Cc1ccc(Br)c(NC(=O)NCCCC(C)C(=O)O)c1. The molecule has 0 aromatic heterocycles. The second-order valence-electron chi connectivity index (χ2n) is 4.75. The molecule has 110 valence electrons. The molecule has 2 amide bonds. The Hall–Kier alpha value is -1.56. The standard InChI is InChI=1S/C14H19BrN2O3/c1-9-5-6-11(15)12(8-9)17-14(20)16-7-3-4-10(2)13(18)19/h5-6,8,10H,3-4,7H2,1-2H3,(H,18,19)(H2,16,17,20). The molecule has 5 nitrogen and oxygen atoms in total. The molecule has 0 spiro atoms. The average Bonchev–Trinajstić information content (AvgIpc) is 2.38. The molecule has 20 heavy (non-hydrogen) atoms. The number of hydrogen-bond acceptors (Lipinski definition) is 2. The monoisotopic (exact) mass is 342 g/mol. The van der Waals surface area contributed by atoms with Gasteiger partial charge in [-0.1, -0.05) is 13.0 Å². The second-order valence-corrected chi connectivity index (χ2v) is 5.60. The van der Waals surface area contributed by atoms with Gasteiger partial charge in [-0.05, 0) is 53.4 Å². The maximum atomic E-state index is 11.7. The maximum Gasteiger partial charge on any atom is 0.319 e. The fourth-order valence-electron chi connectivity index (χ4n) is 1.64. The van der Waals surface area contributed by atoms with E-state index in [0.717, 1.165) is 10.0 Å². The van der Waals surface area contributed by atoms with E-state index in [-0.39, 0.29) is 11.9 Å². The van der Waals surface area contributed by atoms with E-state index in [1.54, 1.807) is 6.92 Å². The third kappa shape index (κ3) is 5.61. The minimum absolute atomic E-state index is 0.292.